The molecule has 1 aromatic heterocycles. The zero-order valence-corrected chi connectivity index (χ0v) is 10.2. The maximum atomic E-state index is 6.40. The summed E-state index contributed by atoms with van der Waals surface area (Å²) in [6.45, 7) is 2.13. The molecule has 16 heavy (non-hydrogen) atoms. The van der Waals surface area contributed by atoms with E-state index in [0.29, 0.717) is 5.92 Å². The van der Waals surface area contributed by atoms with Crippen molar-refractivity contribution in [2.24, 2.45) is 11.7 Å². The van der Waals surface area contributed by atoms with Gasteiger partial charge in [-0.05, 0) is 42.9 Å². The van der Waals surface area contributed by atoms with Gasteiger partial charge in [-0.3, -0.25) is 4.98 Å². The smallest absolute Gasteiger partial charge is 0.0341 e. The molecular weight excluding hydrogens is 196 g/mol. The summed E-state index contributed by atoms with van der Waals surface area (Å²) in [4.78, 5) is 4.20. The van der Waals surface area contributed by atoms with Crippen molar-refractivity contribution in [1.82, 2.24) is 4.98 Å². The van der Waals surface area contributed by atoms with Gasteiger partial charge in [-0.2, -0.15) is 0 Å². The molecule has 1 aromatic rings. The van der Waals surface area contributed by atoms with Crippen LogP contribution in [0, 0.1) is 12.8 Å². The molecule has 2 nitrogen and oxygen atoms in total. The summed E-state index contributed by atoms with van der Waals surface area (Å²) in [5, 5.41) is 0. The Hall–Kier alpha value is -0.890. The molecule has 1 aliphatic rings. The van der Waals surface area contributed by atoms with Gasteiger partial charge >= 0.3 is 0 Å². The molecule has 1 fully saturated rings. The standard InChI is InChI=1S/C14H22N2/c1-11-8-9-16-10-13(11)14(15)12-6-4-2-3-5-7-12/h8-10,12,14H,2-7,15H2,1H3. The van der Waals surface area contributed by atoms with Crippen molar-refractivity contribution in [3.05, 3.63) is 29.6 Å². The summed E-state index contributed by atoms with van der Waals surface area (Å²) < 4.78 is 0. The lowest BCUT2D eigenvalue weighted by Gasteiger charge is -2.23. The Kier molecular flexibility index (Phi) is 3.94. The minimum Gasteiger partial charge on any atom is -0.324 e. The Balaban J connectivity index is 2.11. The SMILES string of the molecule is Cc1ccncc1C(N)C1CCCCCC1. The van der Waals surface area contributed by atoms with Crippen LogP contribution >= 0.6 is 0 Å². The van der Waals surface area contributed by atoms with Crippen molar-refractivity contribution in [3.63, 3.8) is 0 Å². The molecule has 0 aliphatic heterocycles. The molecule has 2 rings (SSSR count). The van der Waals surface area contributed by atoms with Gasteiger partial charge in [-0.15, -0.1) is 0 Å². The van der Waals surface area contributed by atoms with E-state index in [9.17, 15) is 0 Å². The number of hydrogen-bond acceptors (Lipinski definition) is 2. The van der Waals surface area contributed by atoms with Crippen molar-refractivity contribution in [1.29, 1.82) is 0 Å². The molecule has 0 bridgehead atoms. The summed E-state index contributed by atoms with van der Waals surface area (Å²) in [6.07, 6.45) is 11.8. The van der Waals surface area contributed by atoms with Gasteiger partial charge in [0, 0.05) is 18.4 Å². The third-order valence-electron chi connectivity index (χ3n) is 3.85. The van der Waals surface area contributed by atoms with Gasteiger partial charge in [0.2, 0.25) is 0 Å². The van der Waals surface area contributed by atoms with Crippen LogP contribution in [0.25, 0.3) is 0 Å². The Bertz CT molecular complexity index is 327. The number of hydrogen-bond donors (Lipinski definition) is 1. The average molecular weight is 218 g/mol. The summed E-state index contributed by atoms with van der Waals surface area (Å²) in [6, 6.07) is 2.25. The first-order valence-electron chi connectivity index (χ1n) is 6.45. The van der Waals surface area contributed by atoms with E-state index in [0.717, 1.165) is 0 Å². The van der Waals surface area contributed by atoms with E-state index in [1.54, 1.807) is 0 Å². The van der Waals surface area contributed by atoms with Crippen molar-refractivity contribution < 1.29 is 0 Å². The second-order valence-corrected chi connectivity index (χ2v) is 5.01. The summed E-state index contributed by atoms with van der Waals surface area (Å²) in [5.41, 5.74) is 8.93. The topological polar surface area (TPSA) is 38.9 Å². The maximum absolute atomic E-state index is 6.40. The fourth-order valence-corrected chi connectivity index (χ4v) is 2.75. The van der Waals surface area contributed by atoms with Gasteiger partial charge < -0.3 is 5.73 Å². The molecule has 1 atom stereocenters. The van der Waals surface area contributed by atoms with Crippen LogP contribution in [-0.2, 0) is 0 Å². The predicted octanol–water partition coefficient (Wildman–Crippen LogP) is 3.36. The first kappa shape index (κ1) is 11.6. The first-order chi connectivity index (χ1) is 7.79. The summed E-state index contributed by atoms with van der Waals surface area (Å²) in [7, 11) is 0. The minimum absolute atomic E-state index is 0.187. The molecule has 0 saturated heterocycles. The molecule has 1 heterocycles. The number of rotatable bonds is 2. The number of pyridine rings is 1. The van der Waals surface area contributed by atoms with Gasteiger partial charge in [0.1, 0.15) is 0 Å². The molecule has 88 valence electrons. The lowest BCUT2D eigenvalue weighted by molar-refractivity contribution is 0.381. The average Bonchev–Trinajstić information content (AvgIpc) is 2.57. The Labute approximate surface area is 98.3 Å². The van der Waals surface area contributed by atoms with Crippen molar-refractivity contribution in [2.75, 3.05) is 0 Å². The Morgan fingerprint density at radius 3 is 2.56 bits per heavy atom. The maximum Gasteiger partial charge on any atom is 0.0341 e. The zero-order chi connectivity index (χ0) is 11.4. The molecule has 1 aliphatic carbocycles. The van der Waals surface area contributed by atoms with Crippen molar-refractivity contribution >= 4 is 0 Å². The second kappa shape index (κ2) is 5.44. The van der Waals surface area contributed by atoms with Crippen LogP contribution in [-0.4, -0.2) is 4.98 Å². The molecular formula is C14H22N2. The predicted molar refractivity (Wildman–Crippen MR) is 67.1 cm³/mol. The fourth-order valence-electron chi connectivity index (χ4n) is 2.75. The van der Waals surface area contributed by atoms with Crippen molar-refractivity contribution in [2.45, 2.75) is 51.5 Å². The zero-order valence-electron chi connectivity index (χ0n) is 10.2. The van der Waals surface area contributed by atoms with Crippen LogP contribution in [0.3, 0.4) is 0 Å². The fraction of sp³-hybridized carbons (Fsp3) is 0.643. The van der Waals surface area contributed by atoms with Crippen LogP contribution < -0.4 is 5.73 Å². The van der Waals surface area contributed by atoms with E-state index in [2.05, 4.69) is 18.0 Å². The quantitative estimate of drug-likeness (QED) is 0.773. The van der Waals surface area contributed by atoms with Crippen LogP contribution in [0.15, 0.2) is 18.5 Å². The molecule has 0 radical (unpaired) electrons. The first-order valence-corrected chi connectivity index (χ1v) is 6.45. The molecule has 2 N–H and O–H groups in total. The lowest BCUT2D eigenvalue weighted by Crippen LogP contribution is -2.22. The molecule has 1 saturated carbocycles. The molecule has 1 unspecified atom stereocenters. The molecule has 0 aromatic carbocycles. The Morgan fingerprint density at radius 1 is 1.25 bits per heavy atom. The number of aryl methyl sites for hydroxylation is 1. The van der Waals surface area contributed by atoms with Crippen LogP contribution in [0.1, 0.15) is 55.7 Å². The highest BCUT2D eigenvalue weighted by Gasteiger charge is 2.21. The lowest BCUT2D eigenvalue weighted by atomic mass is 9.87. The van der Waals surface area contributed by atoms with E-state index in [1.165, 1.54) is 49.7 Å². The van der Waals surface area contributed by atoms with E-state index < -0.39 is 0 Å². The number of nitrogens with two attached hydrogens (primary N) is 1. The highest BCUT2D eigenvalue weighted by molar-refractivity contribution is 5.25. The monoisotopic (exact) mass is 218 g/mol. The van der Waals surface area contributed by atoms with Gasteiger partial charge in [0.25, 0.3) is 0 Å². The van der Waals surface area contributed by atoms with Crippen molar-refractivity contribution in [3.8, 4) is 0 Å². The number of aromatic nitrogens is 1. The van der Waals surface area contributed by atoms with E-state index in [4.69, 9.17) is 5.73 Å². The van der Waals surface area contributed by atoms with Crippen LogP contribution in [0.4, 0.5) is 0 Å². The van der Waals surface area contributed by atoms with Crippen LogP contribution in [0.2, 0.25) is 0 Å². The van der Waals surface area contributed by atoms with E-state index in [1.807, 2.05) is 12.4 Å². The van der Waals surface area contributed by atoms with E-state index >= 15 is 0 Å². The van der Waals surface area contributed by atoms with Gasteiger partial charge in [0.05, 0.1) is 0 Å². The normalized spacial score (nSPS) is 20.4. The largest absolute Gasteiger partial charge is 0.324 e. The van der Waals surface area contributed by atoms with Gasteiger partial charge in [-0.1, -0.05) is 25.7 Å². The third kappa shape index (κ3) is 2.62. The second-order valence-electron chi connectivity index (χ2n) is 5.01. The highest BCUT2D eigenvalue weighted by atomic mass is 14.7. The number of nitrogens with zero attached hydrogens (tertiary/aromatic N) is 1. The third-order valence-corrected chi connectivity index (χ3v) is 3.85. The summed E-state index contributed by atoms with van der Waals surface area (Å²) >= 11 is 0. The highest BCUT2D eigenvalue weighted by Crippen LogP contribution is 2.32. The Morgan fingerprint density at radius 2 is 1.94 bits per heavy atom. The molecule has 2 heteroatoms. The molecule has 0 amide bonds. The van der Waals surface area contributed by atoms with Crippen LogP contribution in [0.5, 0.6) is 0 Å². The summed E-state index contributed by atoms with van der Waals surface area (Å²) in [5.74, 6) is 0.658. The minimum atomic E-state index is 0.187. The van der Waals surface area contributed by atoms with E-state index in [-0.39, 0.29) is 6.04 Å². The molecule has 0 spiro atoms. The van der Waals surface area contributed by atoms with Gasteiger partial charge in [-0.25, -0.2) is 0 Å². The van der Waals surface area contributed by atoms with Gasteiger partial charge in [0.15, 0.2) is 0 Å².